The Morgan fingerprint density at radius 2 is 2.14 bits per heavy atom. The van der Waals surface area contributed by atoms with Crippen LogP contribution in [0.15, 0.2) is 18.2 Å². The molecule has 0 fully saturated rings. The largest absolute Gasteiger partial charge is 0.396 e. The molecule has 1 amide bonds. The van der Waals surface area contributed by atoms with Crippen molar-refractivity contribution in [3.8, 4) is 0 Å². The minimum atomic E-state index is -0.569. The van der Waals surface area contributed by atoms with Crippen molar-refractivity contribution in [2.24, 2.45) is 5.73 Å². The van der Waals surface area contributed by atoms with Gasteiger partial charge in [0, 0.05) is 18.8 Å². The van der Waals surface area contributed by atoms with Gasteiger partial charge in [0.15, 0.2) is 0 Å². The van der Waals surface area contributed by atoms with Crippen LogP contribution in [0.4, 0.5) is 11.5 Å². The first-order valence-electron chi connectivity index (χ1n) is 6.78. The normalized spacial score (nSPS) is 10.6. The topological polar surface area (TPSA) is 112 Å². The number of hydrogen-bond donors (Lipinski definition) is 3. The van der Waals surface area contributed by atoms with Gasteiger partial charge < -0.3 is 16.8 Å². The van der Waals surface area contributed by atoms with E-state index in [4.69, 9.17) is 11.5 Å². The Morgan fingerprint density at radius 1 is 1.38 bits per heavy atom. The molecule has 7 nitrogen and oxygen atoms in total. The Labute approximate surface area is 123 Å². The van der Waals surface area contributed by atoms with Crippen LogP contribution in [0.25, 0.3) is 0 Å². The Kier molecular flexibility index (Phi) is 4.42. The van der Waals surface area contributed by atoms with Gasteiger partial charge in [0.2, 0.25) is 0 Å². The maximum absolute atomic E-state index is 11.1. The maximum atomic E-state index is 11.1. The number of carbonyl (C=O) groups excluding carboxylic acids is 1. The molecule has 0 saturated heterocycles. The molecule has 2 aromatic rings. The summed E-state index contributed by atoms with van der Waals surface area (Å²) in [5.41, 5.74) is 13.9. The molecule has 0 aromatic carbocycles. The van der Waals surface area contributed by atoms with E-state index in [-0.39, 0.29) is 5.69 Å². The van der Waals surface area contributed by atoms with E-state index >= 15 is 0 Å². The standard InChI is InChI=1S/C14H20N6O/c1-9-8-10(2)20(19-9)7-3-6-17-14-11(15)4-5-12(18-14)13(16)21/h4-5,8H,3,6-7,15H2,1-2H3,(H2,16,21)(H,17,18). The molecule has 0 aliphatic heterocycles. The minimum absolute atomic E-state index is 0.199. The maximum Gasteiger partial charge on any atom is 0.267 e. The number of nitrogens with zero attached hydrogens (tertiary/aromatic N) is 3. The van der Waals surface area contributed by atoms with E-state index in [0.29, 0.717) is 18.1 Å². The van der Waals surface area contributed by atoms with Crippen LogP contribution in [0, 0.1) is 13.8 Å². The summed E-state index contributed by atoms with van der Waals surface area (Å²) in [5.74, 6) is -0.0830. The van der Waals surface area contributed by atoms with Crippen molar-refractivity contribution in [3.63, 3.8) is 0 Å². The van der Waals surface area contributed by atoms with Gasteiger partial charge >= 0.3 is 0 Å². The highest BCUT2D eigenvalue weighted by Gasteiger charge is 2.07. The van der Waals surface area contributed by atoms with Gasteiger partial charge in [-0.25, -0.2) is 4.98 Å². The number of aromatic nitrogens is 3. The van der Waals surface area contributed by atoms with Crippen LogP contribution in [0.5, 0.6) is 0 Å². The first kappa shape index (κ1) is 14.8. The van der Waals surface area contributed by atoms with E-state index in [9.17, 15) is 4.79 Å². The molecule has 0 bridgehead atoms. The lowest BCUT2D eigenvalue weighted by atomic mass is 10.3. The van der Waals surface area contributed by atoms with Gasteiger partial charge in [0.05, 0.1) is 11.4 Å². The van der Waals surface area contributed by atoms with Gasteiger partial charge in [0.1, 0.15) is 11.5 Å². The van der Waals surface area contributed by atoms with Gasteiger partial charge in [-0.15, -0.1) is 0 Å². The number of rotatable bonds is 6. The Bertz CT molecular complexity index is 649. The van der Waals surface area contributed by atoms with Crippen LogP contribution in [0.3, 0.4) is 0 Å². The lowest BCUT2D eigenvalue weighted by Crippen LogP contribution is -2.16. The van der Waals surface area contributed by atoms with Gasteiger partial charge in [-0.2, -0.15) is 5.10 Å². The summed E-state index contributed by atoms with van der Waals surface area (Å²) in [6.07, 6.45) is 0.865. The zero-order valence-electron chi connectivity index (χ0n) is 12.3. The van der Waals surface area contributed by atoms with Crippen molar-refractivity contribution in [1.82, 2.24) is 14.8 Å². The van der Waals surface area contributed by atoms with Crippen LogP contribution in [-0.4, -0.2) is 27.2 Å². The first-order valence-corrected chi connectivity index (χ1v) is 6.78. The van der Waals surface area contributed by atoms with Gasteiger partial charge in [-0.1, -0.05) is 0 Å². The third-order valence-electron chi connectivity index (χ3n) is 3.12. The van der Waals surface area contributed by atoms with Gasteiger partial charge in [-0.3, -0.25) is 9.48 Å². The molecule has 0 unspecified atom stereocenters. The summed E-state index contributed by atoms with van der Waals surface area (Å²) in [6.45, 7) is 5.49. The zero-order chi connectivity index (χ0) is 15.4. The lowest BCUT2D eigenvalue weighted by molar-refractivity contribution is 0.0996. The minimum Gasteiger partial charge on any atom is -0.396 e. The van der Waals surface area contributed by atoms with Crippen molar-refractivity contribution in [3.05, 3.63) is 35.3 Å². The molecule has 2 rings (SSSR count). The number of nitrogen functional groups attached to an aromatic ring is 1. The third kappa shape index (κ3) is 3.71. The van der Waals surface area contributed by atoms with Crippen LogP contribution in [-0.2, 0) is 6.54 Å². The van der Waals surface area contributed by atoms with Crippen molar-refractivity contribution in [1.29, 1.82) is 0 Å². The molecule has 2 aromatic heterocycles. The van der Waals surface area contributed by atoms with Crippen LogP contribution in [0.1, 0.15) is 28.3 Å². The molecule has 5 N–H and O–H groups in total. The molecule has 7 heteroatoms. The number of hydrogen-bond acceptors (Lipinski definition) is 5. The third-order valence-corrected chi connectivity index (χ3v) is 3.12. The summed E-state index contributed by atoms with van der Waals surface area (Å²) in [5, 5.41) is 7.52. The number of aryl methyl sites for hydroxylation is 3. The molecule has 21 heavy (non-hydrogen) atoms. The number of amides is 1. The predicted octanol–water partition coefficient (Wildman–Crippen LogP) is 1.08. The smallest absolute Gasteiger partial charge is 0.267 e. The fourth-order valence-electron chi connectivity index (χ4n) is 2.09. The van der Waals surface area contributed by atoms with Gasteiger partial charge in [0.25, 0.3) is 5.91 Å². The Morgan fingerprint density at radius 3 is 2.76 bits per heavy atom. The number of anilines is 2. The zero-order valence-corrected chi connectivity index (χ0v) is 12.3. The number of primary amides is 1. The average Bonchev–Trinajstić information content (AvgIpc) is 2.74. The van der Waals surface area contributed by atoms with Crippen LogP contribution in [0.2, 0.25) is 0 Å². The molecule has 0 radical (unpaired) electrons. The summed E-state index contributed by atoms with van der Waals surface area (Å²) < 4.78 is 1.97. The van der Waals surface area contributed by atoms with E-state index in [1.165, 1.54) is 6.07 Å². The fourth-order valence-corrected chi connectivity index (χ4v) is 2.09. The SMILES string of the molecule is Cc1cc(C)n(CCCNc2nc(C(N)=O)ccc2N)n1. The summed E-state index contributed by atoms with van der Waals surface area (Å²) in [6, 6.07) is 5.18. The van der Waals surface area contributed by atoms with E-state index in [0.717, 1.165) is 24.4 Å². The molecular weight excluding hydrogens is 268 g/mol. The summed E-state index contributed by atoms with van der Waals surface area (Å²) in [7, 11) is 0. The second-order valence-corrected chi connectivity index (χ2v) is 4.93. The molecule has 0 aliphatic carbocycles. The van der Waals surface area contributed by atoms with E-state index in [2.05, 4.69) is 15.4 Å². The number of nitrogens with one attached hydrogen (secondary N) is 1. The lowest BCUT2D eigenvalue weighted by Gasteiger charge is -2.10. The first-order chi connectivity index (χ1) is 9.97. The van der Waals surface area contributed by atoms with Crippen LogP contribution < -0.4 is 16.8 Å². The molecule has 112 valence electrons. The van der Waals surface area contributed by atoms with Crippen molar-refractivity contribution < 1.29 is 4.79 Å². The molecule has 0 atom stereocenters. The highest BCUT2D eigenvalue weighted by Crippen LogP contribution is 2.15. The Hall–Kier alpha value is -2.57. The highest BCUT2D eigenvalue weighted by molar-refractivity contribution is 5.91. The quantitative estimate of drug-likeness (QED) is 0.688. The van der Waals surface area contributed by atoms with E-state index < -0.39 is 5.91 Å². The monoisotopic (exact) mass is 288 g/mol. The Balaban J connectivity index is 1.90. The van der Waals surface area contributed by atoms with Gasteiger partial charge in [-0.05, 0) is 38.5 Å². The fraction of sp³-hybridized carbons (Fsp3) is 0.357. The molecule has 0 saturated carbocycles. The van der Waals surface area contributed by atoms with Crippen molar-refractivity contribution in [2.75, 3.05) is 17.6 Å². The van der Waals surface area contributed by atoms with E-state index in [1.807, 2.05) is 24.6 Å². The van der Waals surface area contributed by atoms with Crippen molar-refractivity contribution >= 4 is 17.4 Å². The number of nitrogens with two attached hydrogens (primary N) is 2. The predicted molar refractivity (Wildman–Crippen MR) is 82.0 cm³/mol. The number of pyridine rings is 1. The second-order valence-electron chi connectivity index (χ2n) is 4.93. The molecule has 0 spiro atoms. The highest BCUT2D eigenvalue weighted by atomic mass is 16.1. The van der Waals surface area contributed by atoms with E-state index in [1.54, 1.807) is 6.07 Å². The van der Waals surface area contributed by atoms with Crippen molar-refractivity contribution in [2.45, 2.75) is 26.8 Å². The average molecular weight is 288 g/mol. The second kappa shape index (κ2) is 6.25. The van der Waals surface area contributed by atoms with Crippen LogP contribution >= 0.6 is 0 Å². The molecule has 2 heterocycles. The molecular formula is C14H20N6O. The summed E-state index contributed by atoms with van der Waals surface area (Å²) >= 11 is 0. The summed E-state index contributed by atoms with van der Waals surface area (Å²) in [4.78, 5) is 15.2. The molecule has 0 aliphatic rings. The number of carbonyl (C=O) groups is 1.